The number of amides is 3. The number of para-hydroxylation sites is 1. The van der Waals surface area contributed by atoms with Gasteiger partial charge in [-0.05, 0) is 62.2 Å². The van der Waals surface area contributed by atoms with Gasteiger partial charge in [-0.3, -0.25) is 20.2 Å². The molecule has 3 amide bonds. The fourth-order valence-electron chi connectivity index (χ4n) is 2.29. The minimum Gasteiger partial charge on any atom is -0.436 e. The number of nitro benzene ring substituents is 1. The van der Waals surface area contributed by atoms with Crippen LogP contribution in [0.2, 0.25) is 0 Å². The molecule has 2 N–H and O–H groups in total. The summed E-state index contributed by atoms with van der Waals surface area (Å²) in [5.41, 5.74) is -0.273. The number of ether oxygens (including phenoxy) is 1. The molecule has 0 aliphatic carbocycles. The number of imide groups is 1. The number of rotatable bonds is 5. The number of aromatic nitrogens is 2. The molecule has 0 bridgehead atoms. The summed E-state index contributed by atoms with van der Waals surface area (Å²) in [6, 6.07) is 12.4. The van der Waals surface area contributed by atoms with E-state index in [1.165, 1.54) is 24.3 Å². The first-order valence-corrected chi connectivity index (χ1v) is 9.74. The van der Waals surface area contributed by atoms with Crippen LogP contribution in [0.1, 0.15) is 10.4 Å². The number of nitro groups is 1. The number of benzene rings is 2. The van der Waals surface area contributed by atoms with Gasteiger partial charge in [0.1, 0.15) is 15.9 Å². The summed E-state index contributed by atoms with van der Waals surface area (Å²) in [5.74, 6) is -0.200. The van der Waals surface area contributed by atoms with Crippen molar-refractivity contribution in [1.82, 2.24) is 15.5 Å². The van der Waals surface area contributed by atoms with E-state index in [1.54, 1.807) is 30.3 Å². The second-order valence-corrected chi connectivity index (χ2v) is 7.29. The molecule has 10 nitrogen and oxygen atoms in total. The van der Waals surface area contributed by atoms with Gasteiger partial charge in [0.15, 0.2) is 0 Å². The van der Waals surface area contributed by atoms with Gasteiger partial charge >= 0.3 is 6.03 Å². The molecule has 12 heteroatoms. The van der Waals surface area contributed by atoms with Crippen LogP contribution >= 0.6 is 31.9 Å². The third kappa shape index (κ3) is 5.36. The van der Waals surface area contributed by atoms with Crippen LogP contribution in [0.25, 0.3) is 0 Å². The number of carbonyl (C=O) groups is 2. The maximum atomic E-state index is 12.2. The maximum absolute atomic E-state index is 12.2. The van der Waals surface area contributed by atoms with Crippen LogP contribution in [0.5, 0.6) is 11.6 Å². The number of urea groups is 1. The largest absolute Gasteiger partial charge is 0.436 e. The van der Waals surface area contributed by atoms with Crippen molar-refractivity contribution in [3.8, 4) is 11.6 Å². The molecule has 3 aromatic rings. The number of hydrogen-bond acceptors (Lipinski definition) is 7. The van der Waals surface area contributed by atoms with Crippen LogP contribution < -0.4 is 15.4 Å². The first-order chi connectivity index (χ1) is 14.3. The number of anilines is 1. The Morgan fingerprint density at radius 1 is 1.03 bits per heavy atom. The van der Waals surface area contributed by atoms with E-state index >= 15 is 0 Å². The molecule has 2 aromatic carbocycles. The van der Waals surface area contributed by atoms with E-state index in [0.29, 0.717) is 20.5 Å². The SMILES string of the molecule is O=C(NC(=O)c1ccccc1[N+](=O)[O-])Nc1ccc(Oc2ccc(Br)nn2)c(Br)c1. The number of halogens is 2. The standard InChI is InChI=1S/C18H11Br2N5O5/c19-12-9-10(5-6-14(12)30-16-8-7-15(20)23-24-16)21-18(27)22-17(26)11-3-1-2-4-13(11)25(28)29/h1-9H,(H2,21,22,26,27). The van der Waals surface area contributed by atoms with Crippen LogP contribution in [-0.2, 0) is 0 Å². The van der Waals surface area contributed by atoms with Crippen LogP contribution in [0.3, 0.4) is 0 Å². The van der Waals surface area contributed by atoms with Crippen LogP contribution in [0.15, 0.2) is 63.7 Å². The summed E-state index contributed by atoms with van der Waals surface area (Å²) >= 11 is 6.50. The summed E-state index contributed by atoms with van der Waals surface area (Å²) in [5, 5.41) is 23.2. The van der Waals surface area contributed by atoms with Gasteiger partial charge in [0.05, 0.1) is 9.40 Å². The Bertz CT molecular complexity index is 1120. The molecule has 3 rings (SSSR count). The number of nitrogens with one attached hydrogen (secondary N) is 2. The second-order valence-electron chi connectivity index (χ2n) is 5.62. The minimum atomic E-state index is -0.896. The molecule has 0 aliphatic heterocycles. The van der Waals surface area contributed by atoms with Crippen molar-refractivity contribution in [2.75, 3.05) is 5.32 Å². The summed E-state index contributed by atoms with van der Waals surface area (Å²) < 4.78 is 6.67. The van der Waals surface area contributed by atoms with Crippen LogP contribution in [0, 0.1) is 10.1 Å². The molecular formula is C18H11Br2N5O5. The van der Waals surface area contributed by atoms with Gasteiger partial charge in [-0.1, -0.05) is 12.1 Å². The molecular weight excluding hydrogens is 526 g/mol. The zero-order chi connectivity index (χ0) is 21.7. The van der Waals surface area contributed by atoms with Gasteiger partial charge in [-0.15, -0.1) is 10.2 Å². The van der Waals surface area contributed by atoms with Crippen molar-refractivity contribution in [2.45, 2.75) is 0 Å². The predicted octanol–water partition coefficient (Wildman–Crippen LogP) is 4.66. The Morgan fingerprint density at radius 2 is 1.80 bits per heavy atom. The number of nitrogens with zero attached hydrogens (tertiary/aromatic N) is 3. The lowest BCUT2D eigenvalue weighted by molar-refractivity contribution is -0.385. The maximum Gasteiger partial charge on any atom is 0.326 e. The smallest absolute Gasteiger partial charge is 0.326 e. The van der Waals surface area contributed by atoms with Gasteiger partial charge < -0.3 is 10.1 Å². The molecule has 1 heterocycles. The Balaban J connectivity index is 1.65. The first kappa shape index (κ1) is 21.3. The number of carbonyl (C=O) groups excluding carboxylic acids is 2. The summed E-state index contributed by atoms with van der Waals surface area (Å²) in [4.78, 5) is 34.6. The highest BCUT2D eigenvalue weighted by molar-refractivity contribution is 9.10. The lowest BCUT2D eigenvalue weighted by Gasteiger charge is -2.10. The lowest BCUT2D eigenvalue weighted by Crippen LogP contribution is -2.34. The van der Waals surface area contributed by atoms with Gasteiger partial charge in [-0.2, -0.15) is 0 Å². The molecule has 1 aromatic heterocycles. The highest BCUT2D eigenvalue weighted by Crippen LogP contribution is 2.31. The fourth-order valence-corrected chi connectivity index (χ4v) is 2.96. The molecule has 0 fully saturated rings. The molecule has 0 saturated heterocycles. The average Bonchev–Trinajstić information content (AvgIpc) is 2.71. The van der Waals surface area contributed by atoms with Gasteiger partial charge in [-0.25, -0.2) is 4.79 Å². The van der Waals surface area contributed by atoms with Crippen LogP contribution in [-0.4, -0.2) is 27.1 Å². The lowest BCUT2D eigenvalue weighted by atomic mass is 10.1. The third-order valence-electron chi connectivity index (χ3n) is 3.58. The average molecular weight is 537 g/mol. The van der Waals surface area contributed by atoms with Crippen molar-refractivity contribution in [2.24, 2.45) is 0 Å². The Hall–Kier alpha value is -3.38. The zero-order valence-electron chi connectivity index (χ0n) is 14.8. The van der Waals surface area contributed by atoms with E-state index in [-0.39, 0.29) is 11.4 Å². The minimum absolute atomic E-state index is 0.224. The molecule has 0 spiro atoms. The van der Waals surface area contributed by atoms with Gasteiger partial charge in [0.2, 0.25) is 5.88 Å². The fraction of sp³-hybridized carbons (Fsp3) is 0. The van der Waals surface area contributed by atoms with Crippen molar-refractivity contribution in [3.63, 3.8) is 0 Å². The Kier molecular flexibility index (Phi) is 6.69. The van der Waals surface area contributed by atoms with Crippen molar-refractivity contribution in [3.05, 3.63) is 79.4 Å². The zero-order valence-corrected chi connectivity index (χ0v) is 18.0. The quantitative estimate of drug-likeness (QED) is 0.357. The third-order valence-corrected chi connectivity index (χ3v) is 4.63. The Morgan fingerprint density at radius 3 is 2.47 bits per heavy atom. The highest BCUT2D eigenvalue weighted by Gasteiger charge is 2.21. The van der Waals surface area contributed by atoms with E-state index in [0.717, 1.165) is 0 Å². The predicted molar refractivity (Wildman–Crippen MR) is 114 cm³/mol. The molecule has 0 aliphatic rings. The van der Waals surface area contributed by atoms with E-state index < -0.39 is 22.5 Å². The van der Waals surface area contributed by atoms with Gasteiger partial charge in [0, 0.05) is 17.8 Å². The van der Waals surface area contributed by atoms with E-state index in [4.69, 9.17) is 4.74 Å². The Labute approximate surface area is 186 Å². The highest BCUT2D eigenvalue weighted by atomic mass is 79.9. The first-order valence-electron chi connectivity index (χ1n) is 8.16. The molecule has 30 heavy (non-hydrogen) atoms. The van der Waals surface area contributed by atoms with Crippen molar-refractivity contribution < 1.29 is 19.2 Å². The van der Waals surface area contributed by atoms with Crippen molar-refractivity contribution >= 4 is 55.2 Å². The van der Waals surface area contributed by atoms with E-state index in [1.807, 2.05) is 0 Å². The number of hydrogen-bond donors (Lipinski definition) is 2. The molecule has 0 unspecified atom stereocenters. The topological polar surface area (TPSA) is 136 Å². The molecule has 0 atom stereocenters. The summed E-state index contributed by atoms with van der Waals surface area (Å²) in [6.07, 6.45) is 0. The monoisotopic (exact) mass is 535 g/mol. The molecule has 0 radical (unpaired) electrons. The summed E-state index contributed by atoms with van der Waals surface area (Å²) in [6.45, 7) is 0. The summed E-state index contributed by atoms with van der Waals surface area (Å²) in [7, 11) is 0. The van der Waals surface area contributed by atoms with Crippen LogP contribution in [0.4, 0.5) is 16.2 Å². The second kappa shape index (κ2) is 9.41. The van der Waals surface area contributed by atoms with Gasteiger partial charge in [0.25, 0.3) is 11.6 Å². The van der Waals surface area contributed by atoms with E-state index in [2.05, 4.69) is 52.7 Å². The molecule has 152 valence electrons. The molecule has 0 saturated carbocycles. The van der Waals surface area contributed by atoms with E-state index in [9.17, 15) is 19.7 Å². The van der Waals surface area contributed by atoms with Crippen molar-refractivity contribution in [1.29, 1.82) is 0 Å². The normalized spacial score (nSPS) is 10.2.